The molecule has 0 saturated heterocycles. The second-order valence-electron chi connectivity index (χ2n) is 2.03. The van der Waals surface area contributed by atoms with E-state index in [1.165, 1.54) is 0 Å². The smallest absolute Gasteiger partial charge is 0.124 e. The molecule has 0 bridgehead atoms. The third-order valence-electron chi connectivity index (χ3n) is 1.37. The molecule has 1 rings (SSSR count). The van der Waals surface area contributed by atoms with Gasteiger partial charge in [0.05, 0.1) is 6.20 Å². The van der Waals surface area contributed by atoms with E-state index in [0.29, 0.717) is 0 Å². The highest BCUT2D eigenvalue weighted by Crippen LogP contribution is 2.07. The minimum atomic E-state index is 0.775. The van der Waals surface area contributed by atoms with Gasteiger partial charge in [-0.05, 0) is 13.8 Å². The van der Waals surface area contributed by atoms with E-state index in [1.807, 2.05) is 13.8 Å². The Kier molecular flexibility index (Phi) is 1.42. The van der Waals surface area contributed by atoms with Gasteiger partial charge in [-0.3, -0.25) is 4.68 Å². The van der Waals surface area contributed by atoms with Crippen molar-refractivity contribution in [1.82, 2.24) is 9.78 Å². The highest BCUT2D eigenvalue weighted by molar-refractivity contribution is 5.36. The fourth-order valence-corrected chi connectivity index (χ4v) is 0.740. The van der Waals surface area contributed by atoms with Gasteiger partial charge >= 0.3 is 0 Å². The molecule has 0 aliphatic heterocycles. The monoisotopic (exact) mass is 125 g/mol. The first kappa shape index (κ1) is 6.13. The Bertz CT molecular complexity index is 202. The molecule has 3 heteroatoms. The summed E-state index contributed by atoms with van der Waals surface area (Å²) >= 11 is 0. The first-order valence-corrected chi connectivity index (χ1v) is 3.03. The predicted molar refractivity (Wildman–Crippen MR) is 37.1 cm³/mol. The Morgan fingerprint density at radius 2 is 2.44 bits per heavy atom. The second-order valence-corrected chi connectivity index (χ2v) is 2.03. The lowest BCUT2D eigenvalue weighted by atomic mass is 10.4. The van der Waals surface area contributed by atoms with Gasteiger partial charge in [0, 0.05) is 12.1 Å². The Morgan fingerprint density at radius 1 is 1.78 bits per heavy atom. The summed E-state index contributed by atoms with van der Waals surface area (Å²) in [7, 11) is 0. The van der Waals surface area contributed by atoms with Crippen LogP contribution in [0.4, 0.5) is 5.82 Å². The number of nitrogens with two attached hydrogens (primary N) is 1. The first-order valence-electron chi connectivity index (χ1n) is 3.03. The minimum Gasteiger partial charge on any atom is -0.384 e. The summed E-state index contributed by atoms with van der Waals surface area (Å²) in [6.07, 6.45) is 1.78. The van der Waals surface area contributed by atoms with E-state index in [-0.39, 0.29) is 0 Å². The van der Waals surface area contributed by atoms with E-state index >= 15 is 0 Å². The molecule has 3 nitrogen and oxygen atoms in total. The topological polar surface area (TPSA) is 43.8 Å². The molecule has 0 fully saturated rings. The summed E-state index contributed by atoms with van der Waals surface area (Å²) in [5.41, 5.74) is 6.67. The van der Waals surface area contributed by atoms with Crippen molar-refractivity contribution in [2.75, 3.05) is 5.73 Å². The van der Waals surface area contributed by atoms with E-state index in [2.05, 4.69) is 5.10 Å². The molecule has 1 aromatic rings. The summed E-state index contributed by atoms with van der Waals surface area (Å²) in [5.74, 6) is 0.775. The van der Waals surface area contributed by atoms with Gasteiger partial charge in [0.25, 0.3) is 0 Å². The van der Waals surface area contributed by atoms with E-state index in [9.17, 15) is 0 Å². The molecule has 0 unspecified atom stereocenters. The standard InChI is InChI=1S/C6H11N3/c1-3-9-6(7)5(2)4-8-9/h4H,3,7H2,1-2H3. The van der Waals surface area contributed by atoms with E-state index in [1.54, 1.807) is 10.9 Å². The van der Waals surface area contributed by atoms with Crippen molar-refractivity contribution in [3.63, 3.8) is 0 Å². The molecule has 1 aromatic heterocycles. The summed E-state index contributed by atoms with van der Waals surface area (Å²) in [5, 5.41) is 4.03. The molecule has 2 N–H and O–H groups in total. The lowest BCUT2D eigenvalue weighted by Crippen LogP contribution is -2.01. The van der Waals surface area contributed by atoms with Crippen molar-refractivity contribution in [2.24, 2.45) is 0 Å². The summed E-state index contributed by atoms with van der Waals surface area (Å²) in [6, 6.07) is 0. The van der Waals surface area contributed by atoms with Crippen LogP contribution in [0.3, 0.4) is 0 Å². The van der Waals surface area contributed by atoms with Crippen LogP contribution in [0, 0.1) is 6.92 Å². The average molecular weight is 125 g/mol. The summed E-state index contributed by atoms with van der Waals surface area (Å²) < 4.78 is 1.77. The highest BCUT2D eigenvalue weighted by atomic mass is 15.3. The molecule has 50 valence electrons. The fraction of sp³-hybridized carbons (Fsp3) is 0.500. The van der Waals surface area contributed by atoms with E-state index < -0.39 is 0 Å². The lowest BCUT2D eigenvalue weighted by molar-refractivity contribution is 0.669. The maximum atomic E-state index is 5.61. The first-order chi connectivity index (χ1) is 4.25. The van der Waals surface area contributed by atoms with Crippen molar-refractivity contribution < 1.29 is 0 Å². The molecule has 1 heterocycles. The van der Waals surface area contributed by atoms with Gasteiger partial charge in [-0.2, -0.15) is 5.10 Å². The van der Waals surface area contributed by atoms with Gasteiger partial charge < -0.3 is 5.73 Å². The van der Waals surface area contributed by atoms with Crippen molar-refractivity contribution in [3.05, 3.63) is 11.8 Å². The van der Waals surface area contributed by atoms with E-state index in [0.717, 1.165) is 17.9 Å². The zero-order chi connectivity index (χ0) is 6.85. The number of hydrogen-bond donors (Lipinski definition) is 1. The lowest BCUT2D eigenvalue weighted by Gasteiger charge is -1.96. The number of nitrogen functional groups attached to an aromatic ring is 1. The molecule has 0 spiro atoms. The van der Waals surface area contributed by atoms with Gasteiger partial charge in [0.15, 0.2) is 0 Å². The quantitative estimate of drug-likeness (QED) is 0.603. The van der Waals surface area contributed by atoms with Crippen LogP contribution >= 0.6 is 0 Å². The Hall–Kier alpha value is -0.990. The molecule has 0 aromatic carbocycles. The second kappa shape index (κ2) is 2.09. The van der Waals surface area contributed by atoms with Crippen molar-refractivity contribution >= 4 is 5.82 Å². The van der Waals surface area contributed by atoms with Gasteiger partial charge in [0.1, 0.15) is 5.82 Å². The Balaban J connectivity index is 3.04. The maximum Gasteiger partial charge on any atom is 0.124 e. The predicted octanol–water partition coefficient (Wildman–Crippen LogP) is 0.794. The number of anilines is 1. The number of aromatic nitrogens is 2. The number of hydrogen-bond acceptors (Lipinski definition) is 2. The van der Waals surface area contributed by atoms with Crippen LogP contribution in [-0.2, 0) is 6.54 Å². The van der Waals surface area contributed by atoms with Gasteiger partial charge in [-0.1, -0.05) is 0 Å². The number of rotatable bonds is 1. The van der Waals surface area contributed by atoms with Gasteiger partial charge in [0.2, 0.25) is 0 Å². The Morgan fingerprint density at radius 3 is 2.67 bits per heavy atom. The zero-order valence-corrected chi connectivity index (χ0v) is 5.76. The van der Waals surface area contributed by atoms with E-state index in [4.69, 9.17) is 5.73 Å². The van der Waals surface area contributed by atoms with Crippen LogP contribution < -0.4 is 5.73 Å². The van der Waals surface area contributed by atoms with Crippen LogP contribution in [0.25, 0.3) is 0 Å². The molecule has 0 amide bonds. The summed E-state index contributed by atoms with van der Waals surface area (Å²) in [4.78, 5) is 0. The molecule has 0 aliphatic carbocycles. The highest BCUT2D eigenvalue weighted by Gasteiger charge is 1.97. The average Bonchev–Trinajstić information content (AvgIpc) is 2.15. The summed E-state index contributed by atoms with van der Waals surface area (Å²) in [6.45, 7) is 4.82. The van der Waals surface area contributed by atoms with Crippen LogP contribution in [0.5, 0.6) is 0 Å². The molecular formula is C6H11N3. The van der Waals surface area contributed by atoms with Crippen LogP contribution in [-0.4, -0.2) is 9.78 Å². The number of aryl methyl sites for hydroxylation is 2. The molecule has 0 atom stereocenters. The zero-order valence-electron chi connectivity index (χ0n) is 5.76. The van der Waals surface area contributed by atoms with Crippen LogP contribution in [0.2, 0.25) is 0 Å². The number of nitrogens with zero attached hydrogens (tertiary/aromatic N) is 2. The largest absolute Gasteiger partial charge is 0.384 e. The third kappa shape index (κ3) is 0.896. The molecule has 9 heavy (non-hydrogen) atoms. The normalized spacial score (nSPS) is 10.0. The molecule has 0 saturated carbocycles. The van der Waals surface area contributed by atoms with Crippen LogP contribution in [0.1, 0.15) is 12.5 Å². The third-order valence-corrected chi connectivity index (χ3v) is 1.37. The van der Waals surface area contributed by atoms with Gasteiger partial charge in [-0.15, -0.1) is 0 Å². The van der Waals surface area contributed by atoms with Crippen LogP contribution in [0.15, 0.2) is 6.20 Å². The van der Waals surface area contributed by atoms with Crippen molar-refractivity contribution in [3.8, 4) is 0 Å². The Labute approximate surface area is 54.5 Å². The fourth-order valence-electron chi connectivity index (χ4n) is 0.740. The molecule has 0 aliphatic rings. The minimum absolute atomic E-state index is 0.775. The van der Waals surface area contributed by atoms with Crippen molar-refractivity contribution in [1.29, 1.82) is 0 Å². The molecule has 0 radical (unpaired) electrons. The SMILES string of the molecule is CCn1ncc(C)c1N. The van der Waals surface area contributed by atoms with Crippen molar-refractivity contribution in [2.45, 2.75) is 20.4 Å². The molecular weight excluding hydrogens is 114 g/mol. The van der Waals surface area contributed by atoms with Gasteiger partial charge in [-0.25, -0.2) is 0 Å². The maximum absolute atomic E-state index is 5.61.